The van der Waals surface area contributed by atoms with Gasteiger partial charge < -0.3 is 9.47 Å². The number of nitrogens with one attached hydrogen (secondary N) is 1. The summed E-state index contributed by atoms with van der Waals surface area (Å²) >= 11 is 1.14. The number of aryl methyl sites for hydroxylation is 1. The zero-order chi connectivity index (χ0) is 19.6. The first-order valence-corrected chi connectivity index (χ1v) is 9.83. The zero-order valence-corrected chi connectivity index (χ0v) is 16.6. The summed E-state index contributed by atoms with van der Waals surface area (Å²) in [5.41, 5.74) is 1.25. The molecule has 2 rings (SSSR count). The van der Waals surface area contributed by atoms with Crippen LogP contribution in [0.25, 0.3) is 0 Å². The monoisotopic (exact) mass is 397 g/mol. The van der Waals surface area contributed by atoms with E-state index in [-0.39, 0.29) is 26.6 Å². The molecule has 0 aliphatic rings. The minimum absolute atomic E-state index is 0.0695. The summed E-state index contributed by atoms with van der Waals surface area (Å²) in [5, 5.41) is 0.176. The number of sulfonamides is 1. The Bertz CT molecular complexity index is 975. The Morgan fingerprint density at radius 1 is 1.00 bits per heavy atom. The molecular formula is C17H19NO6S2. The van der Waals surface area contributed by atoms with Gasteiger partial charge in [0.25, 0.3) is 10.0 Å². The van der Waals surface area contributed by atoms with E-state index in [2.05, 4.69) is 9.46 Å². The highest BCUT2D eigenvalue weighted by Crippen LogP contribution is 2.35. The van der Waals surface area contributed by atoms with Crippen LogP contribution in [0.1, 0.15) is 36.7 Å². The maximum absolute atomic E-state index is 12.9. The van der Waals surface area contributed by atoms with Crippen LogP contribution >= 0.6 is 11.3 Å². The predicted octanol–water partition coefficient (Wildman–Crippen LogP) is 3.05. The number of thiophene rings is 1. The van der Waals surface area contributed by atoms with Gasteiger partial charge in [-0.25, -0.2) is 18.0 Å². The lowest BCUT2D eigenvalue weighted by Crippen LogP contribution is -2.17. The summed E-state index contributed by atoms with van der Waals surface area (Å²) in [4.78, 5) is 24.6. The largest absolute Gasteiger partial charge is 0.465 e. The Hall–Kier alpha value is -2.39. The lowest BCUT2D eigenvalue weighted by molar-refractivity contribution is 0.0591. The first-order valence-electron chi connectivity index (χ1n) is 7.53. The fraction of sp³-hybridized carbons (Fsp3) is 0.294. The molecule has 26 heavy (non-hydrogen) atoms. The molecule has 7 nitrogen and oxygen atoms in total. The van der Waals surface area contributed by atoms with E-state index >= 15 is 0 Å². The predicted molar refractivity (Wildman–Crippen MR) is 98.5 cm³/mol. The number of anilines is 1. The first kappa shape index (κ1) is 19.9. The summed E-state index contributed by atoms with van der Waals surface area (Å²) in [6, 6.07) is 4.33. The number of esters is 2. The minimum atomic E-state index is -4.03. The van der Waals surface area contributed by atoms with Gasteiger partial charge in [-0.1, -0.05) is 6.07 Å². The fourth-order valence-electron chi connectivity index (χ4n) is 2.46. The molecule has 0 unspecified atom stereocenters. The Morgan fingerprint density at radius 2 is 1.62 bits per heavy atom. The molecule has 0 saturated carbocycles. The molecule has 0 atom stereocenters. The van der Waals surface area contributed by atoms with Crippen LogP contribution in [-0.4, -0.2) is 34.6 Å². The van der Waals surface area contributed by atoms with Crippen molar-refractivity contribution in [1.82, 2.24) is 0 Å². The third-order valence-electron chi connectivity index (χ3n) is 3.98. The molecule has 1 N–H and O–H groups in total. The summed E-state index contributed by atoms with van der Waals surface area (Å²) in [6.45, 7) is 5.03. The van der Waals surface area contributed by atoms with Crippen molar-refractivity contribution in [3.8, 4) is 0 Å². The second-order valence-corrected chi connectivity index (χ2v) is 8.38. The van der Waals surface area contributed by atoms with Gasteiger partial charge in [0.15, 0.2) is 0 Å². The summed E-state index contributed by atoms with van der Waals surface area (Å²) in [7, 11) is -1.57. The number of ether oxygens (including phenoxy) is 2. The van der Waals surface area contributed by atoms with Crippen LogP contribution in [0.15, 0.2) is 23.1 Å². The first-order chi connectivity index (χ1) is 12.1. The number of hydrogen-bond donors (Lipinski definition) is 1. The third-order valence-corrected chi connectivity index (χ3v) is 6.73. The molecule has 0 aliphatic heterocycles. The van der Waals surface area contributed by atoms with Crippen LogP contribution in [0.3, 0.4) is 0 Å². The number of benzene rings is 1. The molecule has 1 heterocycles. The van der Waals surface area contributed by atoms with Crippen molar-refractivity contribution in [2.75, 3.05) is 18.9 Å². The van der Waals surface area contributed by atoms with Crippen LogP contribution in [0.4, 0.5) is 5.00 Å². The van der Waals surface area contributed by atoms with Crippen molar-refractivity contribution in [1.29, 1.82) is 0 Å². The molecule has 0 bridgehead atoms. The molecule has 9 heteroatoms. The number of methoxy groups -OCH3 is 2. The van der Waals surface area contributed by atoms with Gasteiger partial charge in [-0.3, -0.25) is 4.72 Å². The number of hydrogen-bond acceptors (Lipinski definition) is 7. The quantitative estimate of drug-likeness (QED) is 0.779. The van der Waals surface area contributed by atoms with Crippen LogP contribution in [0.2, 0.25) is 0 Å². The van der Waals surface area contributed by atoms with Crippen LogP contribution < -0.4 is 4.72 Å². The molecule has 1 aromatic carbocycles. The van der Waals surface area contributed by atoms with E-state index in [9.17, 15) is 18.0 Å². The molecule has 0 fully saturated rings. The van der Waals surface area contributed by atoms with Gasteiger partial charge in [-0.15, -0.1) is 11.3 Å². The maximum atomic E-state index is 12.9. The van der Waals surface area contributed by atoms with Crippen molar-refractivity contribution in [2.45, 2.75) is 25.7 Å². The number of carbonyl (C=O) groups is 2. The van der Waals surface area contributed by atoms with Crippen molar-refractivity contribution in [3.05, 3.63) is 45.3 Å². The average molecular weight is 397 g/mol. The van der Waals surface area contributed by atoms with Gasteiger partial charge in [-0.2, -0.15) is 0 Å². The van der Waals surface area contributed by atoms with Crippen LogP contribution in [0.5, 0.6) is 0 Å². The molecule has 0 amide bonds. The molecule has 1 aromatic heterocycles. The summed E-state index contributed by atoms with van der Waals surface area (Å²) in [6.07, 6.45) is 0. The Labute approximate surface area is 156 Å². The second-order valence-electron chi connectivity index (χ2n) is 5.50. The molecule has 0 aliphatic carbocycles. The second kappa shape index (κ2) is 7.46. The number of carbonyl (C=O) groups excluding carboxylic acids is 2. The highest BCUT2D eigenvalue weighted by atomic mass is 32.2. The van der Waals surface area contributed by atoms with E-state index in [1.54, 1.807) is 13.8 Å². The molecule has 0 radical (unpaired) electrons. The molecular weight excluding hydrogens is 378 g/mol. The van der Waals surface area contributed by atoms with E-state index in [1.807, 2.05) is 0 Å². The van der Waals surface area contributed by atoms with Gasteiger partial charge >= 0.3 is 11.9 Å². The Balaban J connectivity index is 2.54. The SMILES string of the molecule is COC(=O)c1cccc(S(=O)(=O)Nc2sc(C)c(C)c2C(=O)OC)c1C. The smallest absolute Gasteiger partial charge is 0.341 e. The normalized spacial score (nSPS) is 11.1. The van der Waals surface area contributed by atoms with E-state index in [0.29, 0.717) is 5.56 Å². The molecule has 140 valence electrons. The molecule has 2 aromatic rings. The van der Waals surface area contributed by atoms with Gasteiger partial charge in [0, 0.05) is 4.88 Å². The summed E-state index contributed by atoms with van der Waals surface area (Å²) in [5.74, 6) is -1.25. The van der Waals surface area contributed by atoms with Crippen molar-refractivity contribution in [3.63, 3.8) is 0 Å². The van der Waals surface area contributed by atoms with E-state index in [0.717, 1.165) is 16.2 Å². The van der Waals surface area contributed by atoms with E-state index in [1.165, 1.54) is 39.3 Å². The van der Waals surface area contributed by atoms with Gasteiger partial charge in [0.1, 0.15) is 5.00 Å². The standard InChI is InChI=1S/C17H19NO6S2/c1-9-11(3)25-15(14(9)17(20)24-5)18-26(21,22)13-8-6-7-12(10(13)2)16(19)23-4/h6-8,18H,1-5H3. The zero-order valence-electron chi connectivity index (χ0n) is 15.0. The molecule has 0 spiro atoms. The maximum Gasteiger partial charge on any atom is 0.341 e. The van der Waals surface area contributed by atoms with Crippen LogP contribution in [-0.2, 0) is 19.5 Å². The van der Waals surface area contributed by atoms with Crippen molar-refractivity contribution in [2.24, 2.45) is 0 Å². The average Bonchev–Trinajstić information content (AvgIpc) is 2.86. The lowest BCUT2D eigenvalue weighted by atomic mass is 10.1. The van der Waals surface area contributed by atoms with E-state index < -0.39 is 22.0 Å². The Morgan fingerprint density at radius 3 is 2.19 bits per heavy atom. The van der Waals surface area contributed by atoms with Crippen LogP contribution in [0, 0.1) is 20.8 Å². The number of rotatable bonds is 5. The van der Waals surface area contributed by atoms with Gasteiger partial charge in [0.05, 0.1) is 30.2 Å². The highest BCUT2D eigenvalue weighted by Gasteiger charge is 2.26. The van der Waals surface area contributed by atoms with Gasteiger partial charge in [-0.05, 0) is 44.0 Å². The Kier molecular flexibility index (Phi) is 5.72. The fourth-order valence-corrected chi connectivity index (χ4v) is 5.08. The third kappa shape index (κ3) is 3.58. The molecule has 0 saturated heterocycles. The minimum Gasteiger partial charge on any atom is -0.465 e. The summed E-state index contributed by atoms with van der Waals surface area (Å²) < 4.78 is 37.6. The highest BCUT2D eigenvalue weighted by molar-refractivity contribution is 7.93. The van der Waals surface area contributed by atoms with Crippen molar-refractivity contribution < 1.29 is 27.5 Å². The van der Waals surface area contributed by atoms with Crippen molar-refractivity contribution >= 4 is 38.3 Å². The lowest BCUT2D eigenvalue weighted by Gasteiger charge is -2.12. The van der Waals surface area contributed by atoms with Gasteiger partial charge in [0.2, 0.25) is 0 Å². The van der Waals surface area contributed by atoms with E-state index in [4.69, 9.17) is 4.74 Å². The topological polar surface area (TPSA) is 98.8 Å².